The van der Waals surface area contributed by atoms with Crippen LogP contribution in [-0.4, -0.2) is 22.8 Å². The van der Waals surface area contributed by atoms with E-state index in [9.17, 15) is 9.90 Å². The van der Waals surface area contributed by atoms with Gasteiger partial charge in [-0.25, -0.2) is 0 Å². The Kier molecular flexibility index (Phi) is 4.44. The summed E-state index contributed by atoms with van der Waals surface area (Å²) in [5.74, 6) is 2.64. The van der Waals surface area contributed by atoms with Crippen molar-refractivity contribution in [3.8, 4) is 0 Å². The van der Waals surface area contributed by atoms with E-state index < -0.39 is 11.0 Å². The van der Waals surface area contributed by atoms with Gasteiger partial charge in [0.15, 0.2) is 0 Å². The third-order valence-corrected chi connectivity index (χ3v) is 13.9. The maximum atomic E-state index is 13.7. The Hall–Kier alpha value is -0.570. The number of hydrogen-bond donors (Lipinski definition) is 1. The molecule has 33 heavy (non-hydrogen) atoms. The summed E-state index contributed by atoms with van der Waals surface area (Å²) in [6.07, 6.45) is 10.8. The second-order valence-corrected chi connectivity index (χ2v) is 15.2. The van der Waals surface area contributed by atoms with Crippen LogP contribution in [0.15, 0.2) is 0 Å². The molecule has 7 aliphatic rings. The van der Waals surface area contributed by atoms with E-state index in [1.807, 2.05) is 0 Å². The molecule has 2 aliphatic heterocycles. The van der Waals surface area contributed by atoms with Crippen LogP contribution in [0.5, 0.6) is 0 Å². The SMILES string of the molecule is CC(C)[C@H]1CC[C@@H]2[C@]1(C)CC[C@]1(C)[C@@]3(O)[C@@H]4C[C@H]5C(C)(C)CCC[C@]5(C(=O)O4)[C@H]3CC[C@@]21C. The van der Waals surface area contributed by atoms with Crippen molar-refractivity contribution >= 4 is 5.97 Å². The highest BCUT2D eigenvalue weighted by Crippen LogP contribution is 2.80. The fourth-order valence-corrected chi connectivity index (χ4v) is 12.3. The standard InChI is InChI=1S/C30H48O3/c1-18(2)19-9-10-20-26(19,5)15-16-28(7)27(20,6)14-11-21-29-13-8-12-25(3,4)22(29)17-23(30(21,28)32)33-24(29)31/h18-23,32H,8-17H2,1-7H3/t19-,20-,21-,22+,23+,26-,27+,28+,29+,30+/m1/s1. The zero-order chi connectivity index (χ0) is 23.8. The molecule has 0 aromatic rings. The summed E-state index contributed by atoms with van der Waals surface area (Å²) < 4.78 is 6.28. The number of carbonyl (C=O) groups is 1. The molecule has 0 amide bonds. The van der Waals surface area contributed by atoms with Gasteiger partial charge >= 0.3 is 5.97 Å². The fraction of sp³-hybridized carbons (Fsp3) is 0.967. The van der Waals surface area contributed by atoms with Gasteiger partial charge in [0.25, 0.3) is 0 Å². The van der Waals surface area contributed by atoms with Crippen molar-refractivity contribution < 1.29 is 14.6 Å². The molecular weight excluding hydrogens is 408 g/mol. The van der Waals surface area contributed by atoms with Crippen molar-refractivity contribution in [3.05, 3.63) is 0 Å². The number of aliphatic hydroxyl groups is 1. The van der Waals surface area contributed by atoms with Gasteiger partial charge in [0, 0.05) is 11.3 Å². The average molecular weight is 457 g/mol. The zero-order valence-electron chi connectivity index (χ0n) is 22.3. The summed E-state index contributed by atoms with van der Waals surface area (Å²) in [4.78, 5) is 13.7. The maximum absolute atomic E-state index is 13.7. The first-order valence-corrected chi connectivity index (χ1v) is 14.2. The maximum Gasteiger partial charge on any atom is 0.313 e. The minimum atomic E-state index is -0.880. The number of esters is 1. The highest BCUT2D eigenvalue weighted by molar-refractivity contribution is 5.81. The topological polar surface area (TPSA) is 46.5 Å². The van der Waals surface area contributed by atoms with Gasteiger partial charge in [-0.15, -0.1) is 0 Å². The highest BCUT2D eigenvalue weighted by Gasteiger charge is 2.82. The van der Waals surface area contributed by atoms with E-state index in [4.69, 9.17) is 4.74 Å². The smallest absolute Gasteiger partial charge is 0.313 e. The summed E-state index contributed by atoms with van der Waals surface area (Å²) in [7, 11) is 0. The Labute approximate surface area is 201 Å². The Morgan fingerprint density at radius 1 is 0.879 bits per heavy atom. The van der Waals surface area contributed by atoms with Gasteiger partial charge in [0.1, 0.15) is 11.7 Å². The lowest BCUT2D eigenvalue weighted by molar-refractivity contribution is -0.360. The molecule has 0 aromatic heterocycles. The molecule has 3 heteroatoms. The van der Waals surface area contributed by atoms with Crippen LogP contribution in [0.25, 0.3) is 0 Å². The molecule has 186 valence electrons. The van der Waals surface area contributed by atoms with E-state index in [1.54, 1.807) is 0 Å². The third-order valence-electron chi connectivity index (χ3n) is 13.9. The van der Waals surface area contributed by atoms with Crippen LogP contribution < -0.4 is 0 Å². The quantitative estimate of drug-likeness (QED) is 0.443. The van der Waals surface area contributed by atoms with Gasteiger partial charge in [0.2, 0.25) is 0 Å². The second kappa shape index (κ2) is 6.40. The summed E-state index contributed by atoms with van der Waals surface area (Å²) in [6.45, 7) is 17.1. The largest absolute Gasteiger partial charge is 0.459 e. The van der Waals surface area contributed by atoms with Crippen molar-refractivity contribution in [2.24, 2.45) is 56.7 Å². The fourth-order valence-electron chi connectivity index (χ4n) is 12.3. The molecule has 7 fully saturated rings. The van der Waals surface area contributed by atoms with Crippen LogP contribution in [0.4, 0.5) is 0 Å². The molecular formula is C30H48O3. The molecule has 10 atom stereocenters. The van der Waals surface area contributed by atoms with Crippen LogP contribution in [0.3, 0.4) is 0 Å². The minimum absolute atomic E-state index is 0.0415. The lowest BCUT2D eigenvalue weighted by Crippen LogP contribution is -2.81. The van der Waals surface area contributed by atoms with Crippen molar-refractivity contribution in [1.29, 1.82) is 0 Å². The lowest BCUT2D eigenvalue weighted by Gasteiger charge is -2.77. The summed E-state index contributed by atoms with van der Waals surface area (Å²) in [5.41, 5.74) is -0.899. The third kappa shape index (κ3) is 2.27. The first-order chi connectivity index (χ1) is 15.3. The molecule has 2 bridgehead atoms. The summed E-state index contributed by atoms with van der Waals surface area (Å²) in [6, 6.07) is 0. The molecule has 1 spiro atoms. The first-order valence-electron chi connectivity index (χ1n) is 14.2. The molecule has 2 heterocycles. The monoisotopic (exact) mass is 456 g/mol. The van der Waals surface area contributed by atoms with Crippen molar-refractivity contribution in [2.75, 3.05) is 0 Å². The summed E-state index contributed by atoms with van der Waals surface area (Å²) in [5, 5.41) is 13.0. The van der Waals surface area contributed by atoms with Crippen LogP contribution >= 0.6 is 0 Å². The van der Waals surface area contributed by atoms with Crippen LogP contribution in [-0.2, 0) is 9.53 Å². The molecule has 5 aliphatic carbocycles. The molecule has 5 saturated carbocycles. The average Bonchev–Trinajstić information content (AvgIpc) is 3.09. The van der Waals surface area contributed by atoms with Crippen LogP contribution in [0.1, 0.15) is 113 Å². The van der Waals surface area contributed by atoms with E-state index in [1.165, 1.54) is 25.7 Å². The van der Waals surface area contributed by atoms with Gasteiger partial charge in [0.05, 0.1) is 5.41 Å². The lowest BCUT2D eigenvalue weighted by atomic mass is 9.30. The minimum Gasteiger partial charge on any atom is -0.459 e. The Morgan fingerprint density at radius 2 is 1.61 bits per heavy atom. The van der Waals surface area contributed by atoms with Crippen LogP contribution in [0, 0.1) is 56.7 Å². The van der Waals surface area contributed by atoms with E-state index >= 15 is 0 Å². The number of hydrogen-bond acceptors (Lipinski definition) is 3. The predicted molar refractivity (Wildman–Crippen MR) is 130 cm³/mol. The van der Waals surface area contributed by atoms with Crippen molar-refractivity contribution in [3.63, 3.8) is 0 Å². The Bertz CT molecular complexity index is 878. The van der Waals surface area contributed by atoms with E-state index in [-0.39, 0.29) is 34.2 Å². The first kappa shape index (κ1) is 22.9. The molecule has 0 unspecified atom stereocenters. The Balaban J connectivity index is 1.47. The van der Waals surface area contributed by atoms with E-state index in [2.05, 4.69) is 48.5 Å². The zero-order valence-corrected chi connectivity index (χ0v) is 22.3. The number of carbonyl (C=O) groups excluding carboxylic acids is 1. The molecule has 2 saturated heterocycles. The predicted octanol–water partition coefficient (Wildman–Crippen LogP) is 6.76. The molecule has 7 rings (SSSR count). The molecule has 1 N–H and O–H groups in total. The van der Waals surface area contributed by atoms with E-state index in [0.29, 0.717) is 17.3 Å². The van der Waals surface area contributed by atoms with Gasteiger partial charge < -0.3 is 9.84 Å². The molecule has 0 radical (unpaired) electrons. The summed E-state index contributed by atoms with van der Waals surface area (Å²) >= 11 is 0. The highest BCUT2D eigenvalue weighted by atomic mass is 16.6. The molecule has 0 aromatic carbocycles. The number of ether oxygens (including phenoxy) is 1. The number of rotatable bonds is 1. The van der Waals surface area contributed by atoms with Gasteiger partial charge in [-0.3, -0.25) is 4.79 Å². The Morgan fingerprint density at radius 3 is 2.30 bits per heavy atom. The normalized spacial score (nSPS) is 58.8. The van der Waals surface area contributed by atoms with Crippen LogP contribution in [0.2, 0.25) is 0 Å². The molecule has 3 nitrogen and oxygen atoms in total. The van der Waals surface area contributed by atoms with E-state index in [0.717, 1.165) is 50.4 Å². The van der Waals surface area contributed by atoms with Crippen molar-refractivity contribution in [2.45, 2.75) is 124 Å². The van der Waals surface area contributed by atoms with Gasteiger partial charge in [-0.2, -0.15) is 0 Å². The van der Waals surface area contributed by atoms with Gasteiger partial charge in [-0.1, -0.05) is 54.9 Å². The second-order valence-electron chi connectivity index (χ2n) is 15.2. The number of fused-ring (bicyclic) bond motifs is 4. The van der Waals surface area contributed by atoms with Crippen molar-refractivity contribution in [1.82, 2.24) is 0 Å². The van der Waals surface area contributed by atoms with Gasteiger partial charge in [-0.05, 0) is 97.7 Å².